The van der Waals surface area contributed by atoms with Crippen molar-refractivity contribution < 1.29 is 4.39 Å². The van der Waals surface area contributed by atoms with Gasteiger partial charge in [-0.15, -0.1) is 0 Å². The Balaban J connectivity index is 2.54. The molecule has 0 radical (unpaired) electrons. The van der Waals surface area contributed by atoms with E-state index in [1.54, 1.807) is 10.7 Å². The molecule has 0 aliphatic rings. The molecular weight excluding hydrogens is 235 g/mol. The average molecular weight is 250 g/mol. The summed E-state index contributed by atoms with van der Waals surface area (Å²) in [6.45, 7) is 6.30. The van der Waals surface area contributed by atoms with Gasteiger partial charge in [0.25, 0.3) is 0 Å². The van der Waals surface area contributed by atoms with E-state index in [1.807, 2.05) is 12.1 Å². The van der Waals surface area contributed by atoms with Crippen molar-refractivity contribution in [2.45, 2.75) is 26.2 Å². The summed E-state index contributed by atoms with van der Waals surface area (Å²) in [5, 5.41) is 3.21. The SMILES string of the molecule is CC(C)(C)c1cc(=S)n(-c2cccc(F)c2)[nH]1. The molecule has 0 aliphatic heterocycles. The van der Waals surface area contributed by atoms with Gasteiger partial charge in [0.15, 0.2) is 0 Å². The predicted molar refractivity (Wildman–Crippen MR) is 69.6 cm³/mol. The Hall–Kier alpha value is -1.42. The zero-order valence-corrected chi connectivity index (χ0v) is 10.9. The van der Waals surface area contributed by atoms with E-state index < -0.39 is 0 Å². The van der Waals surface area contributed by atoms with Crippen LogP contribution in [0.15, 0.2) is 30.3 Å². The second kappa shape index (κ2) is 4.11. The summed E-state index contributed by atoms with van der Waals surface area (Å²) in [6.07, 6.45) is 0. The molecule has 0 bridgehead atoms. The molecule has 4 heteroatoms. The van der Waals surface area contributed by atoms with Gasteiger partial charge in [0.2, 0.25) is 0 Å². The first kappa shape index (κ1) is 12.0. The minimum atomic E-state index is -0.267. The van der Waals surface area contributed by atoms with Crippen LogP contribution in [-0.4, -0.2) is 9.78 Å². The number of nitrogens with one attached hydrogen (secondary N) is 1. The molecule has 0 fully saturated rings. The average Bonchev–Trinajstić information content (AvgIpc) is 2.60. The summed E-state index contributed by atoms with van der Waals surface area (Å²) >= 11 is 5.28. The number of benzene rings is 1. The summed E-state index contributed by atoms with van der Waals surface area (Å²) in [6, 6.07) is 8.28. The van der Waals surface area contributed by atoms with E-state index in [0.717, 1.165) is 5.69 Å². The topological polar surface area (TPSA) is 20.7 Å². The Morgan fingerprint density at radius 3 is 2.47 bits per heavy atom. The van der Waals surface area contributed by atoms with Crippen molar-refractivity contribution in [3.63, 3.8) is 0 Å². The molecule has 0 spiro atoms. The lowest BCUT2D eigenvalue weighted by atomic mass is 9.93. The summed E-state index contributed by atoms with van der Waals surface area (Å²) in [5.74, 6) is -0.267. The van der Waals surface area contributed by atoms with Crippen molar-refractivity contribution in [2.75, 3.05) is 0 Å². The summed E-state index contributed by atoms with van der Waals surface area (Å²) in [5.41, 5.74) is 1.74. The third kappa shape index (κ3) is 2.47. The van der Waals surface area contributed by atoms with Crippen molar-refractivity contribution >= 4 is 12.2 Å². The lowest BCUT2D eigenvalue weighted by molar-refractivity contribution is 0.559. The molecule has 2 aromatic rings. The van der Waals surface area contributed by atoms with Crippen LogP contribution in [0.2, 0.25) is 0 Å². The minimum Gasteiger partial charge on any atom is -0.296 e. The van der Waals surface area contributed by atoms with Crippen LogP contribution in [-0.2, 0) is 5.41 Å². The van der Waals surface area contributed by atoms with E-state index in [4.69, 9.17) is 12.2 Å². The first-order valence-electron chi connectivity index (χ1n) is 5.46. The maximum absolute atomic E-state index is 13.2. The smallest absolute Gasteiger partial charge is 0.127 e. The van der Waals surface area contributed by atoms with Crippen LogP contribution in [0.4, 0.5) is 4.39 Å². The standard InChI is InChI=1S/C13H15FN2S/c1-13(2,3)11-8-12(17)16(15-11)10-6-4-5-9(14)7-10/h4-8,15H,1-3H3. The molecule has 2 rings (SSSR count). The molecule has 0 aliphatic carbocycles. The second-order valence-corrected chi connectivity index (χ2v) is 5.49. The number of aromatic amines is 1. The number of halogens is 1. The molecule has 0 saturated heterocycles. The van der Waals surface area contributed by atoms with E-state index in [-0.39, 0.29) is 11.2 Å². The number of hydrogen-bond acceptors (Lipinski definition) is 1. The maximum Gasteiger partial charge on any atom is 0.127 e. The molecule has 90 valence electrons. The zero-order valence-electron chi connectivity index (χ0n) is 10.1. The molecule has 0 saturated carbocycles. The fourth-order valence-electron chi connectivity index (χ4n) is 1.59. The van der Waals surface area contributed by atoms with Crippen molar-refractivity contribution in [3.8, 4) is 5.69 Å². The van der Waals surface area contributed by atoms with Crippen molar-refractivity contribution in [1.82, 2.24) is 9.78 Å². The first-order chi connectivity index (χ1) is 7.88. The van der Waals surface area contributed by atoms with Gasteiger partial charge in [-0.2, -0.15) is 0 Å². The van der Waals surface area contributed by atoms with Gasteiger partial charge in [0.1, 0.15) is 10.5 Å². The normalized spacial score (nSPS) is 11.8. The number of nitrogens with zero attached hydrogens (tertiary/aromatic N) is 1. The van der Waals surface area contributed by atoms with E-state index >= 15 is 0 Å². The fourth-order valence-corrected chi connectivity index (χ4v) is 1.86. The second-order valence-electron chi connectivity index (χ2n) is 5.07. The predicted octanol–water partition coefficient (Wildman–Crippen LogP) is 3.97. The number of rotatable bonds is 1. The Kier molecular flexibility index (Phi) is 2.91. The monoisotopic (exact) mass is 250 g/mol. The highest BCUT2D eigenvalue weighted by atomic mass is 32.1. The van der Waals surface area contributed by atoms with Gasteiger partial charge in [-0.3, -0.25) is 5.10 Å². The number of aromatic nitrogens is 2. The third-order valence-corrected chi connectivity index (χ3v) is 2.90. The number of hydrogen-bond donors (Lipinski definition) is 1. The van der Waals surface area contributed by atoms with E-state index in [9.17, 15) is 4.39 Å². The van der Waals surface area contributed by atoms with Gasteiger partial charge >= 0.3 is 0 Å². The van der Waals surface area contributed by atoms with Gasteiger partial charge in [0.05, 0.1) is 5.69 Å². The summed E-state index contributed by atoms with van der Waals surface area (Å²) in [4.78, 5) is 0. The lowest BCUT2D eigenvalue weighted by Gasteiger charge is -2.15. The molecule has 0 unspecified atom stereocenters. The van der Waals surface area contributed by atoms with Crippen molar-refractivity contribution in [3.05, 3.63) is 46.5 Å². The van der Waals surface area contributed by atoms with Gasteiger partial charge in [-0.1, -0.05) is 39.1 Å². The van der Waals surface area contributed by atoms with Crippen LogP contribution in [0.5, 0.6) is 0 Å². The van der Waals surface area contributed by atoms with Crippen LogP contribution < -0.4 is 0 Å². The van der Waals surface area contributed by atoms with E-state index in [1.165, 1.54) is 12.1 Å². The van der Waals surface area contributed by atoms with Crippen LogP contribution in [0.25, 0.3) is 5.69 Å². The van der Waals surface area contributed by atoms with Crippen molar-refractivity contribution in [1.29, 1.82) is 0 Å². The summed E-state index contributed by atoms with van der Waals surface area (Å²) in [7, 11) is 0. The Bertz CT molecular complexity index is 590. The molecule has 17 heavy (non-hydrogen) atoms. The fraction of sp³-hybridized carbons (Fsp3) is 0.308. The van der Waals surface area contributed by atoms with Gasteiger partial charge in [-0.25, -0.2) is 9.07 Å². The molecule has 0 atom stereocenters. The quantitative estimate of drug-likeness (QED) is 0.759. The molecule has 1 heterocycles. The lowest BCUT2D eigenvalue weighted by Crippen LogP contribution is -2.12. The van der Waals surface area contributed by atoms with Gasteiger partial charge < -0.3 is 0 Å². The Morgan fingerprint density at radius 2 is 1.94 bits per heavy atom. The largest absolute Gasteiger partial charge is 0.296 e. The summed E-state index contributed by atoms with van der Waals surface area (Å²) < 4.78 is 15.5. The molecule has 1 N–H and O–H groups in total. The van der Waals surface area contributed by atoms with Crippen molar-refractivity contribution in [2.24, 2.45) is 0 Å². The highest BCUT2D eigenvalue weighted by Crippen LogP contribution is 2.22. The number of H-pyrrole nitrogens is 1. The van der Waals surface area contributed by atoms with Gasteiger partial charge in [-0.05, 0) is 24.3 Å². The molecule has 2 nitrogen and oxygen atoms in total. The molecule has 1 aromatic carbocycles. The molecular formula is C13H15FN2S. The van der Waals surface area contributed by atoms with Crippen LogP contribution in [0, 0.1) is 10.5 Å². The maximum atomic E-state index is 13.2. The third-order valence-electron chi connectivity index (χ3n) is 2.59. The zero-order chi connectivity index (χ0) is 12.6. The Labute approximate surface area is 105 Å². The van der Waals surface area contributed by atoms with E-state index in [0.29, 0.717) is 10.3 Å². The van der Waals surface area contributed by atoms with E-state index in [2.05, 4.69) is 25.9 Å². The highest BCUT2D eigenvalue weighted by molar-refractivity contribution is 7.71. The molecule has 0 amide bonds. The van der Waals surface area contributed by atoms with Gasteiger partial charge in [0, 0.05) is 11.1 Å². The Morgan fingerprint density at radius 1 is 1.24 bits per heavy atom. The van der Waals surface area contributed by atoms with Crippen LogP contribution in [0.1, 0.15) is 26.5 Å². The van der Waals surface area contributed by atoms with Crippen LogP contribution in [0.3, 0.4) is 0 Å². The highest BCUT2D eigenvalue weighted by Gasteiger charge is 2.16. The molecule has 1 aromatic heterocycles. The van der Waals surface area contributed by atoms with Crippen LogP contribution >= 0.6 is 12.2 Å². The first-order valence-corrected chi connectivity index (χ1v) is 5.87. The minimum absolute atomic E-state index is 0.00780.